The molecule has 0 amide bonds. The highest BCUT2D eigenvalue weighted by molar-refractivity contribution is 7.87. The van der Waals surface area contributed by atoms with Crippen LogP contribution in [0.5, 0.6) is 5.75 Å². The highest BCUT2D eigenvalue weighted by Gasteiger charge is 2.32. The van der Waals surface area contributed by atoms with Crippen LogP contribution in [-0.4, -0.2) is 42.1 Å². The molecule has 1 aromatic heterocycles. The molecule has 0 radical (unpaired) electrons. The number of aliphatic hydroxyl groups is 1. The van der Waals surface area contributed by atoms with Crippen molar-refractivity contribution in [2.75, 3.05) is 13.2 Å². The lowest BCUT2D eigenvalue weighted by Crippen LogP contribution is -2.33. The van der Waals surface area contributed by atoms with Gasteiger partial charge in [-0.1, -0.05) is 30.3 Å². The van der Waals surface area contributed by atoms with Crippen LogP contribution in [0, 0.1) is 12.7 Å². The minimum atomic E-state index is -4.48. The third kappa shape index (κ3) is 5.23. The van der Waals surface area contributed by atoms with Gasteiger partial charge in [-0.05, 0) is 49.6 Å². The Morgan fingerprint density at radius 2 is 1.94 bits per heavy atom. The van der Waals surface area contributed by atoms with Crippen molar-refractivity contribution in [3.05, 3.63) is 87.3 Å². The largest absolute Gasteiger partial charge is 0.383 e. The molecule has 9 nitrogen and oxygen atoms in total. The summed E-state index contributed by atoms with van der Waals surface area (Å²) in [5.41, 5.74) is -0.332. The molecule has 0 saturated heterocycles. The summed E-state index contributed by atoms with van der Waals surface area (Å²) >= 11 is 0. The first-order chi connectivity index (χ1) is 17.1. The Morgan fingerprint density at radius 1 is 1.22 bits per heavy atom. The molecular formula is C25H25FN2O7S. The lowest BCUT2D eigenvalue weighted by molar-refractivity contribution is 0.0384. The molecule has 0 saturated carbocycles. The molecule has 1 unspecified atom stereocenters. The van der Waals surface area contributed by atoms with Crippen molar-refractivity contribution in [1.82, 2.24) is 9.55 Å². The van der Waals surface area contributed by atoms with Crippen LogP contribution in [0.3, 0.4) is 0 Å². The van der Waals surface area contributed by atoms with Crippen molar-refractivity contribution < 1.29 is 31.6 Å². The van der Waals surface area contributed by atoms with Crippen LogP contribution >= 0.6 is 0 Å². The number of benzene rings is 2. The van der Waals surface area contributed by atoms with Gasteiger partial charge in [0.05, 0.1) is 19.3 Å². The number of carbonyl (C=O) groups excluding carboxylic acids is 1. The van der Waals surface area contributed by atoms with Crippen LogP contribution in [0.25, 0.3) is 0 Å². The number of fused-ring (bicyclic) bond motifs is 1. The molecule has 36 heavy (non-hydrogen) atoms. The van der Waals surface area contributed by atoms with Gasteiger partial charge in [0.15, 0.2) is 11.5 Å². The average molecular weight is 517 g/mol. The zero-order valence-corrected chi connectivity index (χ0v) is 20.5. The van der Waals surface area contributed by atoms with Crippen LogP contribution in [0.15, 0.2) is 58.2 Å². The van der Waals surface area contributed by atoms with Crippen LogP contribution in [0.2, 0.25) is 0 Å². The summed E-state index contributed by atoms with van der Waals surface area (Å²) in [6.45, 7) is 3.15. The fraction of sp³-hybridized carbons (Fsp3) is 0.320. The number of nitrogens with zero attached hydrogens (tertiary/aromatic N) is 2. The van der Waals surface area contributed by atoms with Gasteiger partial charge in [-0.2, -0.15) is 8.42 Å². The number of rotatable bonds is 7. The fourth-order valence-electron chi connectivity index (χ4n) is 3.94. The van der Waals surface area contributed by atoms with E-state index in [1.807, 2.05) is 0 Å². The maximum Gasteiger partial charge on any atom is 0.339 e. The van der Waals surface area contributed by atoms with Gasteiger partial charge in [-0.15, -0.1) is 0 Å². The zero-order valence-electron chi connectivity index (χ0n) is 19.7. The molecule has 4 rings (SSSR count). The fourth-order valence-corrected chi connectivity index (χ4v) is 4.90. The number of ketones is 1. The molecule has 0 fully saturated rings. The molecule has 2 aromatic carbocycles. The number of ether oxygens (including phenoxy) is 1. The summed E-state index contributed by atoms with van der Waals surface area (Å²) in [6, 6.07) is 11.0. The summed E-state index contributed by atoms with van der Waals surface area (Å²) in [5, 5.41) is 10.5. The van der Waals surface area contributed by atoms with Crippen LogP contribution < -0.4 is 9.74 Å². The number of hydrogen-bond acceptors (Lipinski definition) is 8. The quantitative estimate of drug-likeness (QED) is 0.376. The Morgan fingerprint density at radius 3 is 2.64 bits per heavy atom. The Hall–Kier alpha value is -3.41. The number of carbonyl (C=O) groups is 1. The van der Waals surface area contributed by atoms with E-state index in [4.69, 9.17) is 8.92 Å². The molecule has 190 valence electrons. The summed E-state index contributed by atoms with van der Waals surface area (Å²) < 4.78 is 51.2. The molecule has 1 N–H and O–H groups in total. The van der Waals surface area contributed by atoms with Crippen LogP contribution in [0.4, 0.5) is 4.39 Å². The van der Waals surface area contributed by atoms with Crippen molar-refractivity contribution in [2.45, 2.75) is 43.7 Å². The number of Topliss-reactive ketones (excluding diaryl/α,β-unsaturated/α-hetero) is 1. The normalized spacial score (nSPS) is 17.8. The first-order valence-corrected chi connectivity index (χ1v) is 12.7. The topological polar surface area (TPSA) is 125 Å². The van der Waals surface area contributed by atoms with Gasteiger partial charge in [0.2, 0.25) is 5.75 Å². The van der Waals surface area contributed by atoms with Gasteiger partial charge in [0.25, 0.3) is 5.56 Å². The SMILES string of the molecule is Cc1cc(CCC(=O)c2nc3n(c(=O)c2OS(=O)(=O)c2ccccc2)[C@@H](C)COCC3O)ccc1F. The van der Waals surface area contributed by atoms with Gasteiger partial charge in [-0.25, -0.2) is 9.37 Å². The average Bonchev–Trinajstić information content (AvgIpc) is 2.99. The van der Waals surface area contributed by atoms with Gasteiger partial charge < -0.3 is 14.0 Å². The van der Waals surface area contributed by atoms with Gasteiger partial charge in [-0.3, -0.25) is 14.2 Å². The van der Waals surface area contributed by atoms with E-state index in [1.54, 1.807) is 26.0 Å². The maximum absolute atomic E-state index is 13.6. The standard InChI is InChI=1S/C25H25FN2O7S/c1-15-12-17(8-10-19(15)26)9-11-20(29)22-23(35-36(32,33)18-6-4-3-5-7-18)25(31)28-16(2)13-34-14-21(30)24(28)27-22/h3-8,10,12,16,21,30H,9,11,13-14H2,1-2H3/t16-,21?/m0/s1. The predicted molar refractivity (Wildman–Crippen MR) is 127 cm³/mol. The third-order valence-corrected chi connectivity index (χ3v) is 7.06. The smallest absolute Gasteiger partial charge is 0.339 e. The molecule has 0 aliphatic carbocycles. The van der Waals surface area contributed by atoms with Crippen molar-refractivity contribution >= 4 is 15.9 Å². The Labute approximate surface area is 207 Å². The van der Waals surface area contributed by atoms with E-state index in [0.29, 0.717) is 11.1 Å². The lowest BCUT2D eigenvalue weighted by atomic mass is 10.0. The number of halogens is 1. The van der Waals surface area contributed by atoms with Crippen molar-refractivity contribution in [1.29, 1.82) is 0 Å². The zero-order chi connectivity index (χ0) is 26.0. The second kappa shape index (κ2) is 10.3. The Balaban J connectivity index is 1.78. The summed E-state index contributed by atoms with van der Waals surface area (Å²) in [4.78, 5) is 30.8. The highest BCUT2D eigenvalue weighted by Crippen LogP contribution is 2.26. The highest BCUT2D eigenvalue weighted by atomic mass is 32.2. The number of hydrogen-bond donors (Lipinski definition) is 1. The summed E-state index contributed by atoms with van der Waals surface area (Å²) in [5.74, 6) is -1.90. The van der Waals surface area contributed by atoms with E-state index in [0.717, 1.165) is 4.57 Å². The van der Waals surface area contributed by atoms with Crippen LogP contribution in [-0.2, 0) is 21.3 Å². The molecule has 1 aliphatic rings. The van der Waals surface area contributed by atoms with E-state index >= 15 is 0 Å². The second-order valence-corrected chi connectivity index (χ2v) is 10.1. The Bertz CT molecular complexity index is 1460. The molecular weight excluding hydrogens is 491 g/mol. The van der Waals surface area contributed by atoms with Crippen molar-refractivity contribution in [3.8, 4) is 5.75 Å². The van der Waals surface area contributed by atoms with E-state index in [2.05, 4.69) is 4.98 Å². The Kier molecular flexibility index (Phi) is 7.34. The van der Waals surface area contributed by atoms with E-state index in [-0.39, 0.29) is 42.6 Å². The third-order valence-electron chi connectivity index (χ3n) is 5.83. The van der Waals surface area contributed by atoms with Gasteiger partial charge in [0.1, 0.15) is 22.6 Å². The molecule has 0 spiro atoms. The van der Waals surface area contributed by atoms with Crippen LogP contribution in [0.1, 0.15) is 52.9 Å². The summed E-state index contributed by atoms with van der Waals surface area (Å²) in [6.07, 6.45) is -1.29. The first kappa shape index (κ1) is 25.7. The minimum Gasteiger partial charge on any atom is -0.383 e. The van der Waals surface area contributed by atoms with E-state index in [1.165, 1.54) is 36.4 Å². The van der Waals surface area contributed by atoms with E-state index in [9.17, 15) is 27.5 Å². The molecule has 2 heterocycles. The number of aromatic nitrogens is 2. The minimum absolute atomic E-state index is 0.0632. The monoisotopic (exact) mass is 516 g/mol. The number of aliphatic hydroxyl groups excluding tert-OH is 1. The van der Waals surface area contributed by atoms with Gasteiger partial charge >= 0.3 is 10.1 Å². The second-order valence-electron chi connectivity index (χ2n) is 8.58. The predicted octanol–water partition coefficient (Wildman–Crippen LogP) is 2.90. The molecule has 1 aliphatic heterocycles. The summed E-state index contributed by atoms with van der Waals surface area (Å²) in [7, 11) is -4.48. The van der Waals surface area contributed by atoms with Gasteiger partial charge in [0, 0.05) is 6.42 Å². The first-order valence-electron chi connectivity index (χ1n) is 11.3. The van der Waals surface area contributed by atoms with Crippen molar-refractivity contribution in [2.24, 2.45) is 0 Å². The lowest BCUT2D eigenvalue weighted by Gasteiger charge is -2.19. The molecule has 0 bridgehead atoms. The number of aryl methyl sites for hydroxylation is 2. The molecule has 3 aromatic rings. The molecule has 11 heteroatoms. The van der Waals surface area contributed by atoms with E-state index < -0.39 is 45.0 Å². The molecule has 2 atom stereocenters. The van der Waals surface area contributed by atoms with Crippen molar-refractivity contribution in [3.63, 3.8) is 0 Å². The maximum atomic E-state index is 13.6.